The van der Waals surface area contributed by atoms with Crippen LogP contribution >= 0.6 is 27.3 Å². The molecule has 2 heterocycles. The number of amides is 1. The van der Waals surface area contributed by atoms with Crippen molar-refractivity contribution in [2.45, 2.75) is 36.4 Å². The number of hydrogen-bond acceptors (Lipinski definition) is 4. The van der Waals surface area contributed by atoms with Gasteiger partial charge in [0.1, 0.15) is 4.21 Å². The Labute approximate surface area is 131 Å². The van der Waals surface area contributed by atoms with Gasteiger partial charge in [-0.15, -0.1) is 11.3 Å². The van der Waals surface area contributed by atoms with Crippen molar-refractivity contribution in [3.8, 4) is 0 Å². The van der Waals surface area contributed by atoms with Gasteiger partial charge >= 0.3 is 0 Å². The summed E-state index contributed by atoms with van der Waals surface area (Å²) in [5.41, 5.74) is 0. The van der Waals surface area contributed by atoms with Crippen molar-refractivity contribution in [1.29, 1.82) is 0 Å². The maximum atomic E-state index is 12.2. The van der Waals surface area contributed by atoms with Gasteiger partial charge in [0.05, 0.1) is 9.83 Å². The fraction of sp³-hybridized carbons (Fsp3) is 0.583. The molecule has 1 aliphatic heterocycles. The third-order valence-corrected chi connectivity index (χ3v) is 6.84. The molecule has 0 aromatic carbocycles. The van der Waals surface area contributed by atoms with Gasteiger partial charge in [-0.05, 0) is 54.2 Å². The van der Waals surface area contributed by atoms with Crippen LogP contribution in [0.25, 0.3) is 0 Å². The standard InChI is InChI=1S/C12H17BrN2O3S2/c1-9(12(16)15-7-3-2-4-8-15)14-20(17,18)11-6-5-10(13)19-11/h5-6,9,14H,2-4,7-8H2,1H3/t9-/m1/s1. The molecular weight excluding hydrogens is 364 g/mol. The third-order valence-electron chi connectivity index (χ3n) is 3.18. The molecule has 0 unspecified atom stereocenters. The molecule has 1 atom stereocenters. The van der Waals surface area contributed by atoms with Gasteiger partial charge in [-0.25, -0.2) is 8.42 Å². The second kappa shape index (κ2) is 6.55. The minimum Gasteiger partial charge on any atom is -0.341 e. The maximum absolute atomic E-state index is 12.2. The van der Waals surface area contributed by atoms with E-state index in [1.54, 1.807) is 17.9 Å². The predicted octanol–water partition coefficient (Wildman–Crippen LogP) is 2.19. The molecule has 112 valence electrons. The molecular formula is C12H17BrN2O3S2. The van der Waals surface area contributed by atoms with E-state index in [0.29, 0.717) is 0 Å². The highest BCUT2D eigenvalue weighted by Gasteiger charge is 2.27. The van der Waals surface area contributed by atoms with Gasteiger partial charge in [-0.2, -0.15) is 4.72 Å². The molecule has 2 rings (SSSR count). The molecule has 0 bridgehead atoms. The first kappa shape index (κ1) is 15.9. The second-order valence-corrected chi connectivity index (χ2v) is 9.19. The fourth-order valence-corrected chi connectivity index (χ4v) is 5.39. The molecule has 0 spiro atoms. The Bertz CT molecular complexity index is 579. The van der Waals surface area contributed by atoms with E-state index in [0.717, 1.165) is 47.5 Å². The SMILES string of the molecule is C[C@@H](NS(=O)(=O)c1ccc(Br)s1)C(=O)N1CCCCC1. The summed E-state index contributed by atoms with van der Waals surface area (Å²) < 4.78 is 27.7. The molecule has 1 N–H and O–H groups in total. The summed E-state index contributed by atoms with van der Waals surface area (Å²) >= 11 is 4.36. The average molecular weight is 381 g/mol. The second-order valence-electron chi connectivity index (χ2n) is 4.79. The lowest BCUT2D eigenvalue weighted by atomic mass is 10.1. The largest absolute Gasteiger partial charge is 0.341 e. The Morgan fingerprint density at radius 1 is 1.35 bits per heavy atom. The van der Waals surface area contributed by atoms with E-state index in [1.807, 2.05) is 0 Å². The van der Waals surface area contributed by atoms with E-state index in [4.69, 9.17) is 0 Å². The van der Waals surface area contributed by atoms with E-state index in [1.165, 1.54) is 6.07 Å². The number of piperidine rings is 1. The van der Waals surface area contributed by atoms with Crippen LogP contribution < -0.4 is 4.72 Å². The molecule has 1 aliphatic rings. The third kappa shape index (κ3) is 3.81. The van der Waals surface area contributed by atoms with Crippen LogP contribution in [-0.2, 0) is 14.8 Å². The van der Waals surface area contributed by atoms with Crippen molar-refractivity contribution in [2.24, 2.45) is 0 Å². The summed E-state index contributed by atoms with van der Waals surface area (Å²) in [6.07, 6.45) is 3.11. The number of nitrogens with one attached hydrogen (secondary N) is 1. The van der Waals surface area contributed by atoms with Crippen LogP contribution in [0, 0.1) is 0 Å². The zero-order valence-corrected chi connectivity index (χ0v) is 14.4. The highest BCUT2D eigenvalue weighted by molar-refractivity contribution is 9.11. The number of carbonyl (C=O) groups is 1. The molecule has 1 aromatic heterocycles. The van der Waals surface area contributed by atoms with E-state index >= 15 is 0 Å². The topological polar surface area (TPSA) is 66.5 Å². The monoisotopic (exact) mass is 380 g/mol. The van der Waals surface area contributed by atoms with Gasteiger partial charge in [0.15, 0.2) is 0 Å². The van der Waals surface area contributed by atoms with Gasteiger partial charge < -0.3 is 4.90 Å². The fourth-order valence-electron chi connectivity index (χ4n) is 2.17. The molecule has 5 nitrogen and oxygen atoms in total. The Morgan fingerprint density at radius 3 is 2.55 bits per heavy atom. The van der Waals surface area contributed by atoms with E-state index < -0.39 is 16.1 Å². The van der Waals surface area contributed by atoms with Gasteiger partial charge in [0.2, 0.25) is 5.91 Å². The number of nitrogens with zero attached hydrogens (tertiary/aromatic N) is 1. The summed E-state index contributed by atoms with van der Waals surface area (Å²) in [5.74, 6) is -0.149. The molecule has 1 amide bonds. The van der Waals surface area contributed by atoms with Crippen molar-refractivity contribution in [2.75, 3.05) is 13.1 Å². The maximum Gasteiger partial charge on any atom is 0.250 e. The first-order chi connectivity index (χ1) is 9.40. The number of carbonyl (C=O) groups excluding carboxylic acids is 1. The summed E-state index contributed by atoms with van der Waals surface area (Å²) in [6, 6.07) is 2.46. The van der Waals surface area contributed by atoms with Gasteiger partial charge in [0.25, 0.3) is 10.0 Å². The number of rotatable bonds is 4. The zero-order chi connectivity index (χ0) is 14.8. The first-order valence-corrected chi connectivity index (χ1v) is 9.56. The molecule has 8 heteroatoms. The minimum absolute atomic E-state index is 0.149. The van der Waals surface area contributed by atoms with Crippen LogP contribution in [0.4, 0.5) is 0 Å². The van der Waals surface area contributed by atoms with Crippen LogP contribution in [0.15, 0.2) is 20.1 Å². The summed E-state index contributed by atoms with van der Waals surface area (Å²) in [5, 5.41) is 0. The normalized spacial score (nSPS) is 18.0. The molecule has 0 aliphatic carbocycles. The molecule has 20 heavy (non-hydrogen) atoms. The van der Waals surface area contributed by atoms with Crippen molar-refractivity contribution in [3.05, 3.63) is 15.9 Å². The van der Waals surface area contributed by atoms with Gasteiger partial charge in [-0.3, -0.25) is 4.79 Å². The van der Waals surface area contributed by atoms with E-state index in [2.05, 4.69) is 20.7 Å². The Kier molecular flexibility index (Phi) is 5.22. The lowest BCUT2D eigenvalue weighted by molar-refractivity contribution is -0.133. The quantitative estimate of drug-likeness (QED) is 0.870. The van der Waals surface area contributed by atoms with E-state index in [9.17, 15) is 13.2 Å². The van der Waals surface area contributed by atoms with Crippen LogP contribution in [0.2, 0.25) is 0 Å². The van der Waals surface area contributed by atoms with Crippen LogP contribution in [-0.4, -0.2) is 38.4 Å². The van der Waals surface area contributed by atoms with Crippen molar-refractivity contribution >= 4 is 43.2 Å². The van der Waals surface area contributed by atoms with Crippen LogP contribution in [0.3, 0.4) is 0 Å². The number of thiophene rings is 1. The van der Waals surface area contributed by atoms with Crippen LogP contribution in [0.1, 0.15) is 26.2 Å². The van der Waals surface area contributed by atoms with Crippen molar-refractivity contribution in [3.63, 3.8) is 0 Å². The van der Waals surface area contributed by atoms with Gasteiger partial charge in [0, 0.05) is 13.1 Å². The summed E-state index contributed by atoms with van der Waals surface area (Å²) in [6.45, 7) is 3.03. The number of hydrogen-bond donors (Lipinski definition) is 1. The molecule has 1 saturated heterocycles. The molecule has 0 radical (unpaired) electrons. The Hall–Kier alpha value is -0.440. The number of halogens is 1. The smallest absolute Gasteiger partial charge is 0.250 e. The molecule has 1 aromatic rings. The first-order valence-electron chi connectivity index (χ1n) is 6.46. The van der Waals surface area contributed by atoms with Gasteiger partial charge in [-0.1, -0.05) is 0 Å². The Balaban J connectivity index is 2.03. The molecule has 0 saturated carbocycles. The van der Waals surface area contributed by atoms with Crippen LogP contribution in [0.5, 0.6) is 0 Å². The highest BCUT2D eigenvalue weighted by atomic mass is 79.9. The Morgan fingerprint density at radius 2 is 2.00 bits per heavy atom. The van der Waals surface area contributed by atoms with Crippen molar-refractivity contribution in [1.82, 2.24) is 9.62 Å². The lowest BCUT2D eigenvalue weighted by Gasteiger charge is -2.29. The highest BCUT2D eigenvalue weighted by Crippen LogP contribution is 2.26. The van der Waals surface area contributed by atoms with E-state index in [-0.39, 0.29) is 10.1 Å². The average Bonchev–Trinajstić information content (AvgIpc) is 2.86. The minimum atomic E-state index is -3.63. The number of likely N-dealkylation sites (tertiary alicyclic amines) is 1. The summed E-state index contributed by atoms with van der Waals surface area (Å²) in [4.78, 5) is 13.9. The summed E-state index contributed by atoms with van der Waals surface area (Å²) in [7, 11) is -3.63. The number of sulfonamides is 1. The van der Waals surface area contributed by atoms with Crippen molar-refractivity contribution < 1.29 is 13.2 Å². The predicted molar refractivity (Wildman–Crippen MR) is 82.2 cm³/mol. The zero-order valence-electron chi connectivity index (χ0n) is 11.1. The molecule has 1 fully saturated rings. The lowest BCUT2D eigenvalue weighted by Crippen LogP contribution is -2.48.